The Balaban J connectivity index is 3.14. The number of hydrogen-bond donors (Lipinski definition) is 1. The molecular formula is C25H51NO6Si2. The molecule has 0 aromatic rings. The van der Waals surface area contributed by atoms with Gasteiger partial charge in [0.15, 0.2) is 16.6 Å². The van der Waals surface area contributed by atoms with Crippen molar-refractivity contribution in [2.75, 3.05) is 20.3 Å². The molecule has 0 bridgehead atoms. The van der Waals surface area contributed by atoms with Crippen molar-refractivity contribution < 1.29 is 27.9 Å². The van der Waals surface area contributed by atoms with Gasteiger partial charge < -0.3 is 23.6 Å². The van der Waals surface area contributed by atoms with Crippen molar-refractivity contribution in [2.45, 2.75) is 110 Å². The molecule has 0 radical (unpaired) electrons. The lowest BCUT2D eigenvalue weighted by molar-refractivity contribution is -0.143. The van der Waals surface area contributed by atoms with Crippen LogP contribution in [0.3, 0.4) is 0 Å². The maximum atomic E-state index is 12.7. The Labute approximate surface area is 210 Å². The fourth-order valence-electron chi connectivity index (χ4n) is 3.38. The van der Waals surface area contributed by atoms with E-state index >= 15 is 0 Å². The highest BCUT2D eigenvalue weighted by molar-refractivity contribution is 6.74. The van der Waals surface area contributed by atoms with Crippen LogP contribution in [0.25, 0.3) is 0 Å². The average Bonchev–Trinajstić information content (AvgIpc) is 3.33. The summed E-state index contributed by atoms with van der Waals surface area (Å²) < 4.78 is 23.6. The zero-order valence-corrected chi connectivity index (χ0v) is 26.2. The molecule has 0 aromatic heterocycles. The van der Waals surface area contributed by atoms with Crippen LogP contribution in [0.4, 0.5) is 4.79 Å². The lowest BCUT2D eigenvalue weighted by Gasteiger charge is -2.37. The standard InChI is InChI=1S/C25H51NO6Si2/c1-23(2,3)32-22(28)26-18(16-31-34(13,14)25(7,8)9)19-17(20(19)21(27)29-10)15-30-33(11,12)24(4,5)6/h17-20H,15-16H2,1-14H3,(H,26,28)/t17?,18-,19-,20?/m1/s1. The largest absolute Gasteiger partial charge is 0.469 e. The van der Waals surface area contributed by atoms with E-state index in [4.69, 9.17) is 18.3 Å². The number of carbonyl (C=O) groups is 2. The summed E-state index contributed by atoms with van der Waals surface area (Å²) in [6, 6.07) is -0.374. The van der Waals surface area contributed by atoms with Crippen LogP contribution >= 0.6 is 0 Å². The van der Waals surface area contributed by atoms with Gasteiger partial charge in [0.2, 0.25) is 0 Å². The first kappa shape index (κ1) is 31.1. The van der Waals surface area contributed by atoms with E-state index in [2.05, 4.69) is 73.0 Å². The van der Waals surface area contributed by atoms with Crippen molar-refractivity contribution >= 4 is 28.7 Å². The first-order valence-corrected chi connectivity index (χ1v) is 18.2. The summed E-state index contributed by atoms with van der Waals surface area (Å²) in [5.74, 6) is -0.770. The number of rotatable bonds is 9. The van der Waals surface area contributed by atoms with Crippen LogP contribution in [0.2, 0.25) is 36.3 Å². The second-order valence-corrected chi connectivity index (χ2v) is 23.3. The summed E-state index contributed by atoms with van der Waals surface area (Å²) in [4.78, 5) is 25.4. The Morgan fingerprint density at radius 1 is 0.853 bits per heavy atom. The Kier molecular flexibility index (Phi) is 9.71. The van der Waals surface area contributed by atoms with E-state index in [1.807, 2.05) is 20.8 Å². The maximum Gasteiger partial charge on any atom is 0.407 e. The lowest BCUT2D eigenvalue weighted by atomic mass is 10.1. The van der Waals surface area contributed by atoms with Crippen LogP contribution in [0.5, 0.6) is 0 Å². The number of nitrogens with one attached hydrogen (secondary N) is 1. The molecule has 1 fully saturated rings. The second-order valence-electron chi connectivity index (χ2n) is 13.7. The van der Waals surface area contributed by atoms with Gasteiger partial charge in [-0.2, -0.15) is 0 Å². The molecule has 7 nitrogen and oxygen atoms in total. The highest BCUT2D eigenvalue weighted by Crippen LogP contribution is 2.51. The van der Waals surface area contributed by atoms with Crippen LogP contribution in [0.1, 0.15) is 62.3 Å². The van der Waals surface area contributed by atoms with Gasteiger partial charge in [0.1, 0.15) is 5.60 Å². The third-order valence-electron chi connectivity index (χ3n) is 7.74. The quantitative estimate of drug-likeness (QED) is 0.300. The van der Waals surface area contributed by atoms with E-state index in [-0.39, 0.29) is 39.8 Å². The summed E-state index contributed by atoms with van der Waals surface area (Å²) in [7, 11) is -2.65. The number of amides is 1. The minimum Gasteiger partial charge on any atom is -0.469 e. The fourth-order valence-corrected chi connectivity index (χ4v) is 5.45. The summed E-state index contributed by atoms with van der Waals surface area (Å²) >= 11 is 0. The van der Waals surface area contributed by atoms with Crippen molar-refractivity contribution in [3.63, 3.8) is 0 Å². The normalized spacial score (nSPS) is 22.7. The summed E-state index contributed by atoms with van der Waals surface area (Å²) in [6.45, 7) is 28.2. The number of hydrogen-bond acceptors (Lipinski definition) is 6. The van der Waals surface area contributed by atoms with Crippen molar-refractivity contribution in [3.8, 4) is 0 Å². The number of methoxy groups -OCH3 is 1. The topological polar surface area (TPSA) is 83.1 Å². The average molecular weight is 518 g/mol. The van der Waals surface area contributed by atoms with Gasteiger partial charge in [0.25, 0.3) is 0 Å². The lowest BCUT2D eigenvalue weighted by Crippen LogP contribution is -2.48. The molecule has 9 heteroatoms. The van der Waals surface area contributed by atoms with Gasteiger partial charge in [-0.25, -0.2) is 4.79 Å². The molecule has 1 rings (SSSR count). The monoisotopic (exact) mass is 517 g/mol. The first-order valence-electron chi connectivity index (χ1n) is 12.4. The van der Waals surface area contributed by atoms with Gasteiger partial charge in [-0.15, -0.1) is 0 Å². The predicted octanol–water partition coefficient (Wildman–Crippen LogP) is 5.96. The highest BCUT2D eigenvalue weighted by atomic mass is 28.4. The molecule has 2 unspecified atom stereocenters. The van der Waals surface area contributed by atoms with Crippen molar-refractivity contribution in [3.05, 3.63) is 0 Å². The summed E-state index contributed by atoms with van der Waals surface area (Å²) in [6.07, 6.45) is -0.504. The number of alkyl carbamates (subject to hydrolysis) is 1. The van der Waals surface area contributed by atoms with E-state index in [0.717, 1.165) is 0 Å². The zero-order chi connectivity index (χ0) is 26.9. The van der Waals surface area contributed by atoms with Gasteiger partial charge in [-0.05, 0) is 57.0 Å². The van der Waals surface area contributed by atoms with Gasteiger partial charge in [0, 0.05) is 18.4 Å². The second kappa shape index (κ2) is 10.6. The summed E-state index contributed by atoms with van der Waals surface area (Å²) in [5, 5.41) is 3.10. The fraction of sp³-hybridized carbons (Fsp3) is 0.920. The van der Waals surface area contributed by atoms with E-state index < -0.39 is 28.3 Å². The number of ether oxygens (including phenoxy) is 2. The number of carbonyl (C=O) groups excluding carboxylic acids is 2. The van der Waals surface area contributed by atoms with Crippen LogP contribution in [0.15, 0.2) is 0 Å². The van der Waals surface area contributed by atoms with Crippen molar-refractivity contribution in [1.82, 2.24) is 5.32 Å². The van der Waals surface area contributed by atoms with Gasteiger partial charge >= 0.3 is 12.1 Å². The number of esters is 1. The molecule has 1 aliphatic rings. The van der Waals surface area contributed by atoms with E-state index in [1.165, 1.54) is 7.11 Å². The molecule has 1 amide bonds. The smallest absolute Gasteiger partial charge is 0.407 e. The Bertz CT molecular complexity index is 718. The molecule has 4 atom stereocenters. The van der Waals surface area contributed by atoms with Gasteiger partial charge in [-0.3, -0.25) is 4.79 Å². The third kappa shape index (κ3) is 8.34. The molecule has 200 valence electrons. The molecule has 34 heavy (non-hydrogen) atoms. The minimum absolute atomic E-state index is 0.0274. The van der Waals surface area contributed by atoms with Crippen LogP contribution in [0, 0.1) is 17.8 Å². The Morgan fingerprint density at radius 2 is 1.32 bits per heavy atom. The van der Waals surface area contributed by atoms with Crippen molar-refractivity contribution in [2.24, 2.45) is 17.8 Å². The van der Waals surface area contributed by atoms with Crippen molar-refractivity contribution in [1.29, 1.82) is 0 Å². The molecular weight excluding hydrogens is 466 g/mol. The third-order valence-corrected chi connectivity index (χ3v) is 16.7. The van der Waals surface area contributed by atoms with E-state index in [9.17, 15) is 9.59 Å². The molecule has 0 heterocycles. The first-order chi connectivity index (χ1) is 15.0. The minimum atomic E-state index is -2.07. The highest BCUT2D eigenvalue weighted by Gasteiger charge is 2.60. The van der Waals surface area contributed by atoms with E-state index in [0.29, 0.717) is 13.2 Å². The van der Waals surface area contributed by atoms with Gasteiger partial charge in [0.05, 0.1) is 25.7 Å². The molecule has 0 aromatic carbocycles. The molecule has 1 N–H and O–H groups in total. The molecule has 1 saturated carbocycles. The summed E-state index contributed by atoms with van der Waals surface area (Å²) in [5.41, 5.74) is -0.620. The maximum absolute atomic E-state index is 12.7. The van der Waals surface area contributed by atoms with Gasteiger partial charge in [-0.1, -0.05) is 41.5 Å². The van der Waals surface area contributed by atoms with Crippen LogP contribution in [-0.4, -0.2) is 60.7 Å². The zero-order valence-electron chi connectivity index (χ0n) is 24.2. The van der Waals surface area contributed by atoms with Crippen LogP contribution < -0.4 is 5.32 Å². The predicted molar refractivity (Wildman–Crippen MR) is 142 cm³/mol. The Morgan fingerprint density at radius 3 is 1.74 bits per heavy atom. The Hall–Kier alpha value is -0.906. The molecule has 0 spiro atoms. The molecule has 1 aliphatic carbocycles. The molecule has 0 aliphatic heterocycles. The SMILES string of the molecule is COC(=O)C1C(CO[Si](C)(C)C(C)(C)C)[C@@H]1[C@@H](CO[Si](C)(C)C(C)(C)C)NC(=O)OC(C)(C)C. The van der Waals surface area contributed by atoms with Crippen LogP contribution in [-0.2, 0) is 23.1 Å². The molecule has 0 saturated heterocycles. The van der Waals surface area contributed by atoms with E-state index in [1.54, 1.807) is 0 Å².